The molecule has 2 N–H and O–H groups in total. The third-order valence-corrected chi connectivity index (χ3v) is 5.33. The molecule has 31 heavy (non-hydrogen) atoms. The summed E-state index contributed by atoms with van der Waals surface area (Å²) >= 11 is 6.02. The van der Waals surface area contributed by atoms with Crippen molar-refractivity contribution in [2.45, 2.75) is 18.8 Å². The van der Waals surface area contributed by atoms with E-state index in [1.54, 1.807) is 36.4 Å². The van der Waals surface area contributed by atoms with Crippen molar-refractivity contribution in [1.29, 1.82) is 0 Å². The van der Waals surface area contributed by atoms with Gasteiger partial charge in [-0.1, -0.05) is 41.9 Å². The third kappa shape index (κ3) is 4.22. The average Bonchev–Trinajstić information content (AvgIpc) is 3.23. The van der Waals surface area contributed by atoms with Gasteiger partial charge in [-0.3, -0.25) is 9.59 Å². The molecule has 1 aliphatic heterocycles. The van der Waals surface area contributed by atoms with Crippen LogP contribution in [0.4, 0.5) is 8.78 Å². The number of alkyl halides is 2. The molecule has 4 rings (SSSR count). The largest absolute Gasteiger partial charge is 0.390 e. The summed E-state index contributed by atoms with van der Waals surface area (Å²) in [5.74, 6) is -4.44. The highest BCUT2D eigenvalue weighted by Gasteiger charge is 2.35. The van der Waals surface area contributed by atoms with Gasteiger partial charge in [-0.25, -0.2) is 13.8 Å². The number of rotatable bonds is 5. The van der Waals surface area contributed by atoms with Gasteiger partial charge >= 0.3 is 0 Å². The van der Waals surface area contributed by atoms with Crippen LogP contribution in [-0.2, 0) is 4.79 Å². The minimum atomic E-state index is -3.52. The number of nitrogens with zero attached hydrogens (tertiary/aromatic N) is 2. The van der Waals surface area contributed by atoms with Gasteiger partial charge in [0.15, 0.2) is 0 Å². The van der Waals surface area contributed by atoms with Crippen molar-refractivity contribution >= 4 is 34.1 Å². The van der Waals surface area contributed by atoms with Crippen LogP contribution >= 0.6 is 11.6 Å². The van der Waals surface area contributed by atoms with Gasteiger partial charge in [-0.05, 0) is 23.8 Å². The number of pyridine rings is 1. The van der Waals surface area contributed by atoms with E-state index in [1.165, 1.54) is 0 Å². The molecule has 0 radical (unpaired) electrons. The van der Waals surface area contributed by atoms with E-state index in [0.29, 0.717) is 21.8 Å². The van der Waals surface area contributed by atoms with Crippen LogP contribution in [0.15, 0.2) is 58.4 Å². The lowest BCUT2D eigenvalue weighted by Crippen LogP contribution is -2.33. The number of carbonyl (C=O) groups is 1. The Morgan fingerprint density at radius 3 is 2.58 bits per heavy atom. The zero-order chi connectivity index (χ0) is 22.2. The number of benzene rings is 2. The monoisotopic (exact) mass is 445 g/mol. The third-order valence-electron chi connectivity index (χ3n) is 5.07. The zero-order valence-electron chi connectivity index (χ0n) is 16.2. The van der Waals surface area contributed by atoms with E-state index >= 15 is 0 Å². The van der Waals surface area contributed by atoms with Crippen molar-refractivity contribution < 1.29 is 18.7 Å². The van der Waals surface area contributed by atoms with Crippen LogP contribution in [0.5, 0.6) is 0 Å². The van der Waals surface area contributed by atoms with Gasteiger partial charge < -0.3 is 10.1 Å². The molecule has 0 saturated heterocycles. The van der Waals surface area contributed by atoms with E-state index < -0.39 is 30.4 Å². The minimum Gasteiger partial charge on any atom is -0.390 e. The van der Waals surface area contributed by atoms with Crippen molar-refractivity contribution in [2.75, 3.05) is 13.2 Å². The van der Waals surface area contributed by atoms with Crippen LogP contribution in [0.25, 0.3) is 22.0 Å². The highest BCUT2D eigenvalue weighted by atomic mass is 35.5. The molecule has 0 bridgehead atoms. The number of fused-ring (bicyclic) bond motifs is 1. The van der Waals surface area contributed by atoms with Gasteiger partial charge in [-0.2, -0.15) is 5.10 Å². The smallest absolute Gasteiger partial charge is 0.279 e. The maximum absolute atomic E-state index is 13.4. The number of amides is 1. The Morgan fingerprint density at radius 2 is 1.87 bits per heavy atom. The molecule has 160 valence electrons. The molecule has 0 spiro atoms. The SMILES string of the molecule is O=C(CC(F)(F)CO)N1CCC(c2c(-c3ccc(Cl)cc3)c3ccccc3[nH]c2=O)=N1. The van der Waals surface area contributed by atoms with E-state index in [-0.39, 0.29) is 18.5 Å². The summed E-state index contributed by atoms with van der Waals surface area (Å²) in [5, 5.41) is 15.2. The van der Waals surface area contributed by atoms with Crippen LogP contribution in [0.3, 0.4) is 0 Å². The molecule has 6 nitrogen and oxygen atoms in total. The number of aromatic amines is 1. The Bertz CT molecular complexity index is 1240. The molecule has 1 aromatic heterocycles. The van der Waals surface area contributed by atoms with Gasteiger partial charge in [-0.15, -0.1) is 0 Å². The number of aliphatic hydroxyl groups excluding tert-OH is 1. The lowest BCUT2D eigenvalue weighted by Gasteiger charge is -2.16. The van der Waals surface area contributed by atoms with Crippen LogP contribution in [0.1, 0.15) is 18.4 Å². The first-order chi connectivity index (χ1) is 14.8. The van der Waals surface area contributed by atoms with E-state index in [4.69, 9.17) is 16.7 Å². The Balaban J connectivity index is 1.84. The molecule has 2 heterocycles. The molecule has 0 aliphatic carbocycles. The summed E-state index contributed by atoms with van der Waals surface area (Å²) in [6.45, 7) is -1.35. The van der Waals surface area contributed by atoms with Crippen LogP contribution < -0.4 is 5.56 Å². The molecule has 1 amide bonds. The van der Waals surface area contributed by atoms with Gasteiger partial charge in [0.05, 0.1) is 24.2 Å². The molecule has 0 fully saturated rings. The summed E-state index contributed by atoms with van der Waals surface area (Å²) < 4.78 is 26.8. The molecule has 3 aromatic rings. The second kappa shape index (κ2) is 8.20. The first-order valence-electron chi connectivity index (χ1n) is 9.57. The standard InChI is InChI=1S/C22H18ClF2N3O3/c23-14-7-5-13(6-8-14)19-15-3-1-2-4-16(15)26-21(31)20(19)17-9-10-28(27-17)18(30)11-22(24,25)12-29/h1-8,29H,9-12H2,(H,26,31). The summed E-state index contributed by atoms with van der Waals surface area (Å²) in [6.07, 6.45) is -0.920. The number of hydrogen-bond acceptors (Lipinski definition) is 4. The molecule has 0 unspecified atom stereocenters. The fourth-order valence-electron chi connectivity index (χ4n) is 3.62. The van der Waals surface area contributed by atoms with Crippen molar-refractivity contribution in [3.05, 3.63) is 69.5 Å². The number of halogens is 3. The van der Waals surface area contributed by atoms with Gasteiger partial charge in [0, 0.05) is 27.9 Å². The number of carbonyl (C=O) groups excluding carboxylic acids is 1. The molecular weight excluding hydrogens is 428 g/mol. The molecule has 0 atom stereocenters. The molecule has 0 saturated carbocycles. The van der Waals surface area contributed by atoms with Gasteiger partial charge in [0.25, 0.3) is 11.5 Å². The normalized spacial score (nSPS) is 14.2. The number of hydrazone groups is 1. The average molecular weight is 446 g/mol. The van der Waals surface area contributed by atoms with Crippen LogP contribution in [0.2, 0.25) is 5.02 Å². The number of H-pyrrole nitrogens is 1. The van der Waals surface area contributed by atoms with Gasteiger partial charge in [0.2, 0.25) is 5.91 Å². The van der Waals surface area contributed by atoms with E-state index in [9.17, 15) is 18.4 Å². The van der Waals surface area contributed by atoms with Crippen molar-refractivity contribution in [2.24, 2.45) is 5.10 Å². The number of para-hydroxylation sites is 1. The van der Waals surface area contributed by atoms with Crippen molar-refractivity contribution in [1.82, 2.24) is 9.99 Å². The lowest BCUT2D eigenvalue weighted by molar-refractivity contribution is -0.141. The van der Waals surface area contributed by atoms with E-state index in [1.807, 2.05) is 12.1 Å². The summed E-state index contributed by atoms with van der Waals surface area (Å²) in [5.41, 5.74) is 2.22. The summed E-state index contributed by atoms with van der Waals surface area (Å²) in [7, 11) is 0. The Labute approximate surface area is 180 Å². The van der Waals surface area contributed by atoms with Crippen LogP contribution in [-0.4, -0.2) is 45.8 Å². The Hall–Kier alpha value is -3.10. The summed E-state index contributed by atoms with van der Waals surface area (Å²) in [4.78, 5) is 28.1. The Kier molecular flexibility index (Phi) is 5.60. The second-order valence-corrected chi connectivity index (χ2v) is 7.70. The van der Waals surface area contributed by atoms with Crippen LogP contribution in [0, 0.1) is 0 Å². The summed E-state index contributed by atoms with van der Waals surface area (Å²) in [6, 6.07) is 14.3. The number of nitrogens with one attached hydrogen (secondary N) is 1. The Morgan fingerprint density at radius 1 is 1.16 bits per heavy atom. The van der Waals surface area contributed by atoms with Crippen molar-refractivity contribution in [3.8, 4) is 11.1 Å². The molecular formula is C22H18ClF2N3O3. The van der Waals surface area contributed by atoms with Crippen molar-refractivity contribution in [3.63, 3.8) is 0 Å². The number of aromatic nitrogens is 1. The topological polar surface area (TPSA) is 85.8 Å². The van der Waals surface area contributed by atoms with Gasteiger partial charge in [0.1, 0.15) is 6.61 Å². The fourth-order valence-corrected chi connectivity index (χ4v) is 3.74. The predicted molar refractivity (Wildman–Crippen MR) is 115 cm³/mol. The second-order valence-electron chi connectivity index (χ2n) is 7.26. The zero-order valence-corrected chi connectivity index (χ0v) is 17.0. The maximum Gasteiger partial charge on any atom is 0.279 e. The maximum atomic E-state index is 13.4. The minimum absolute atomic E-state index is 0.0714. The number of aliphatic hydroxyl groups is 1. The fraction of sp³-hybridized carbons (Fsp3) is 0.227. The predicted octanol–water partition coefficient (Wildman–Crippen LogP) is 3.80. The van der Waals surface area contributed by atoms with E-state index in [0.717, 1.165) is 16.0 Å². The quantitative estimate of drug-likeness (QED) is 0.626. The van der Waals surface area contributed by atoms with E-state index in [2.05, 4.69) is 10.1 Å². The first-order valence-corrected chi connectivity index (χ1v) is 9.95. The number of hydrogen-bond donors (Lipinski definition) is 2. The first kappa shape index (κ1) is 21.1. The molecule has 9 heteroatoms. The highest BCUT2D eigenvalue weighted by molar-refractivity contribution is 6.30. The molecule has 2 aromatic carbocycles. The molecule has 1 aliphatic rings. The lowest BCUT2D eigenvalue weighted by atomic mass is 9.93. The highest BCUT2D eigenvalue weighted by Crippen LogP contribution is 2.32.